The lowest BCUT2D eigenvalue weighted by Gasteiger charge is -2.34. The summed E-state index contributed by atoms with van der Waals surface area (Å²) in [6.45, 7) is 3.09. The number of halogens is 1. The molecule has 4 nitrogen and oxygen atoms in total. The van der Waals surface area contributed by atoms with E-state index >= 15 is 0 Å². The highest BCUT2D eigenvalue weighted by atomic mass is 32.2. The molecule has 0 atom stereocenters. The van der Waals surface area contributed by atoms with Crippen molar-refractivity contribution in [2.45, 2.75) is 43.7 Å². The monoisotopic (exact) mass is 300 g/mol. The van der Waals surface area contributed by atoms with E-state index in [1.807, 2.05) is 6.92 Å². The van der Waals surface area contributed by atoms with E-state index < -0.39 is 15.8 Å². The summed E-state index contributed by atoms with van der Waals surface area (Å²) in [6.07, 6.45) is 2.82. The van der Waals surface area contributed by atoms with Crippen molar-refractivity contribution >= 4 is 10.0 Å². The molecule has 1 aliphatic rings. The molecule has 0 unspecified atom stereocenters. The van der Waals surface area contributed by atoms with E-state index in [1.54, 1.807) is 13.1 Å². The number of sulfonamides is 1. The third-order valence-corrected chi connectivity index (χ3v) is 5.83. The van der Waals surface area contributed by atoms with Gasteiger partial charge in [-0.05, 0) is 37.1 Å². The number of hydrogen-bond acceptors (Lipinski definition) is 3. The molecule has 0 aromatic heterocycles. The Balaban J connectivity index is 2.35. The van der Waals surface area contributed by atoms with Gasteiger partial charge in [-0.2, -0.15) is 4.31 Å². The summed E-state index contributed by atoms with van der Waals surface area (Å²) in [5.74, 6) is -0.522. The number of benzene rings is 1. The maximum Gasteiger partial charge on any atom is 0.243 e. The van der Waals surface area contributed by atoms with Crippen molar-refractivity contribution in [2.75, 3.05) is 13.6 Å². The lowest BCUT2D eigenvalue weighted by atomic mass is 9.94. The van der Waals surface area contributed by atoms with Crippen molar-refractivity contribution in [3.63, 3.8) is 0 Å². The zero-order chi connectivity index (χ0) is 14.8. The van der Waals surface area contributed by atoms with Crippen LogP contribution in [-0.2, 0) is 16.6 Å². The van der Waals surface area contributed by atoms with Crippen molar-refractivity contribution in [3.05, 3.63) is 29.6 Å². The van der Waals surface area contributed by atoms with Crippen LogP contribution in [0.25, 0.3) is 0 Å². The Labute approximate surface area is 120 Å². The van der Waals surface area contributed by atoms with Crippen LogP contribution in [0.3, 0.4) is 0 Å². The highest BCUT2D eigenvalue weighted by Gasteiger charge is 2.33. The molecule has 1 saturated carbocycles. The molecule has 1 N–H and O–H groups in total. The van der Waals surface area contributed by atoms with Gasteiger partial charge in [-0.25, -0.2) is 12.8 Å². The summed E-state index contributed by atoms with van der Waals surface area (Å²) < 4.78 is 40.1. The van der Waals surface area contributed by atoms with Crippen molar-refractivity contribution in [3.8, 4) is 0 Å². The second kappa shape index (κ2) is 6.20. The normalized spacial score (nSPS) is 16.4. The lowest BCUT2D eigenvalue weighted by Crippen LogP contribution is -2.41. The molecule has 2 rings (SSSR count). The van der Waals surface area contributed by atoms with Gasteiger partial charge in [-0.3, -0.25) is 0 Å². The van der Waals surface area contributed by atoms with Crippen LogP contribution in [0.5, 0.6) is 0 Å². The Morgan fingerprint density at radius 3 is 2.65 bits per heavy atom. The van der Waals surface area contributed by atoms with Gasteiger partial charge in [-0.1, -0.05) is 19.4 Å². The van der Waals surface area contributed by atoms with Crippen molar-refractivity contribution in [2.24, 2.45) is 0 Å². The van der Waals surface area contributed by atoms with Gasteiger partial charge in [0, 0.05) is 19.6 Å². The fourth-order valence-electron chi connectivity index (χ4n) is 2.28. The predicted octanol–water partition coefficient (Wildman–Crippen LogP) is 2.11. The largest absolute Gasteiger partial charge is 0.313 e. The molecule has 1 aliphatic carbocycles. The second-order valence-corrected chi connectivity index (χ2v) is 7.10. The first kappa shape index (κ1) is 15.4. The molecule has 0 aliphatic heterocycles. The molecule has 0 saturated heterocycles. The summed E-state index contributed by atoms with van der Waals surface area (Å²) >= 11 is 0. The Kier molecular flexibility index (Phi) is 4.78. The topological polar surface area (TPSA) is 49.4 Å². The summed E-state index contributed by atoms with van der Waals surface area (Å²) in [6, 6.07) is 4.02. The molecule has 0 bridgehead atoms. The lowest BCUT2D eigenvalue weighted by molar-refractivity contribution is 0.249. The van der Waals surface area contributed by atoms with E-state index in [9.17, 15) is 12.8 Å². The van der Waals surface area contributed by atoms with Gasteiger partial charge in [0.25, 0.3) is 0 Å². The average molecular weight is 300 g/mol. The number of rotatable bonds is 6. The number of nitrogens with zero attached hydrogens (tertiary/aromatic N) is 1. The maximum absolute atomic E-state index is 13.5. The van der Waals surface area contributed by atoms with Gasteiger partial charge in [0.15, 0.2) is 0 Å². The van der Waals surface area contributed by atoms with E-state index in [1.165, 1.54) is 10.4 Å². The number of nitrogens with one attached hydrogen (secondary N) is 1. The van der Waals surface area contributed by atoms with Gasteiger partial charge in [-0.15, -0.1) is 0 Å². The predicted molar refractivity (Wildman–Crippen MR) is 76.4 cm³/mol. The molecule has 0 radical (unpaired) electrons. The quantitative estimate of drug-likeness (QED) is 0.875. The Hall–Kier alpha value is -0.980. The Morgan fingerprint density at radius 1 is 1.40 bits per heavy atom. The fraction of sp³-hybridized carbons (Fsp3) is 0.571. The second-order valence-electron chi connectivity index (χ2n) is 5.14. The first-order chi connectivity index (χ1) is 9.46. The summed E-state index contributed by atoms with van der Waals surface area (Å²) in [5, 5.41) is 3.09. The Morgan fingerprint density at radius 2 is 2.10 bits per heavy atom. The van der Waals surface area contributed by atoms with E-state index in [2.05, 4.69) is 5.32 Å². The van der Waals surface area contributed by atoms with E-state index in [0.29, 0.717) is 12.1 Å². The molecule has 1 aromatic rings. The van der Waals surface area contributed by atoms with Crippen LogP contribution in [0.4, 0.5) is 4.39 Å². The SMILES string of the molecule is CCNCc1ccc(F)cc1S(=O)(=O)N(C)C1CCC1. The van der Waals surface area contributed by atoms with Gasteiger partial charge < -0.3 is 5.32 Å². The molecule has 0 amide bonds. The van der Waals surface area contributed by atoms with Crippen LogP contribution < -0.4 is 5.32 Å². The third kappa shape index (κ3) is 3.02. The fourth-order valence-corrected chi connectivity index (χ4v) is 3.92. The van der Waals surface area contributed by atoms with Crippen LogP contribution in [0, 0.1) is 5.82 Å². The standard InChI is InChI=1S/C14H21FN2O2S/c1-3-16-10-11-7-8-12(15)9-14(11)20(18,19)17(2)13-5-4-6-13/h7-9,13,16H,3-6,10H2,1-2H3. The van der Waals surface area contributed by atoms with Gasteiger partial charge in [0.05, 0.1) is 4.90 Å². The third-order valence-electron chi connectivity index (χ3n) is 3.84. The van der Waals surface area contributed by atoms with Gasteiger partial charge in [0.2, 0.25) is 10.0 Å². The van der Waals surface area contributed by atoms with Crippen molar-refractivity contribution < 1.29 is 12.8 Å². The van der Waals surface area contributed by atoms with Gasteiger partial charge in [0.1, 0.15) is 5.82 Å². The minimum Gasteiger partial charge on any atom is -0.313 e. The molecule has 20 heavy (non-hydrogen) atoms. The summed E-state index contributed by atoms with van der Waals surface area (Å²) in [7, 11) is -2.04. The minimum absolute atomic E-state index is 0.0512. The Bertz CT molecular complexity index is 571. The van der Waals surface area contributed by atoms with Crippen molar-refractivity contribution in [1.82, 2.24) is 9.62 Å². The highest BCUT2D eigenvalue weighted by Crippen LogP contribution is 2.30. The molecule has 112 valence electrons. The number of hydrogen-bond donors (Lipinski definition) is 1. The molecule has 1 fully saturated rings. The molecular formula is C14H21FN2O2S. The van der Waals surface area contributed by atoms with Crippen LogP contribution in [-0.4, -0.2) is 32.4 Å². The van der Waals surface area contributed by atoms with Crippen molar-refractivity contribution in [1.29, 1.82) is 0 Å². The van der Waals surface area contributed by atoms with Crippen LogP contribution >= 0.6 is 0 Å². The minimum atomic E-state index is -3.63. The van der Waals surface area contributed by atoms with Crippen LogP contribution in [0.1, 0.15) is 31.7 Å². The van der Waals surface area contributed by atoms with E-state index in [0.717, 1.165) is 31.9 Å². The zero-order valence-corrected chi connectivity index (χ0v) is 12.7. The first-order valence-corrected chi connectivity index (χ1v) is 8.38. The van der Waals surface area contributed by atoms with Crippen LogP contribution in [0.15, 0.2) is 23.1 Å². The first-order valence-electron chi connectivity index (χ1n) is 6.94. The van der Waals surface area contributed by atoms with E-state index in [-0.39, 0.29) is 10.9 Å². The molecule has 0 spiro atoms. The van der Waals surface area contributed by atoms with Crippen LogP contribution in [0.2, 0.25) is 0 Å². The maximum atomic E-state index is 13.5. The summed E-state index contributed by atoms with van der Waals surface area (Å²) in [5.41, 5.74) is 0.611. The van der Waals surface area contributed by atoms with E-state index in [4.69, 9.17) is 0 Å². The molecule has 6 heteroatoms. The molecular weight excluding hydrogens is 279 g/mol. The highest BCUT2D eigenvalue weighted by molar-refractivity contribution is 7.89. The molecule has 1 aromatic carbocycles. The zero-order valence-electron chi connectivity index (χ0n) is 11.9. The summed E-state index contributed by atoms with van der Waals surface area (Å²) in [4.78, 5) is 0.0767. The average Bonchev–Trinajstić information content (AvgIpc) is 2.35. The molecule has 0 heterocycles. The smallest absolute Gasteiger partial charge is 0.243 e. The van der Waals surface area contributed by atoms with Gasteiger partial charge >= 0.3 is 0 Å².